The topological polar surface area (TPSA) is 50.4 Å². The van der Waals surface area contributed by atoms with Crippen molar-refractivity contribution in [1.29, 1.82) is 0 Å². The van der Waals surface area contributed by atoms with Crippen LogP contribution < -0.4 is 10.6 Å². The summed E-state index contributed by atoms with van der Waals surface area (Å²) in [6, 6.07) is 0.317. The smallest absolute Gasteiger partial charge is 0.222 e. The standard InChI is InChI=1S/C10H20N2O2/c1-2-14-7-5-10(13)12-9-4-3-6-11-8-9/h9,11H,2-8H2,1H3,(H,12,13)/t9-/m1/s1. The molecular weight excluding hydrogens is 180 g/mol. The second-order valence-electron chi connectivity index (χ2n) is 3.56. The van der Waals surface area contributed by atoms with Crippen LogP contribution in [-0.2, 0) is 9.53 Å². The van der Waals surface area contributed by atoms with Crippen molar-refractivity contribution in [2.45, 2.75) is 32.2 Å². The van der Waals surface area contributed by atoms with Gasteiger partial charge in [-0.15, -0.1) is 0 Å². The molecule has 1 rings (SSSR count). The Hall–Kier alpha value is -0.610. The first-order valence-electron chi connectivity index (χ1n) is 5.40. The van der Waals surface area contributed by atoms with Crippen LogP contribution in [-0.4, -0.2) is 38.3 Å². The molecule has 0 aromatic rings. The first-order valence-corrected chi connectivity index (χ1v) is 5.40. The molecule has 82 valence electrons. The van der Waals surface area contributed by atoms with Gasteiger partial charge in [0.2, 0.25) is 5.91 Å². The highest BCUT2D eigenvalue weighted by Crippen LogP contribution is 2.01. The summed E-state index contributed by atoms with van der Waals surface area (Å²) in [5.74, 6) is 0.104. The van der Waals surface area contributed by atoms with Crippen molar-refractivity contribution < 1.29 is 9.53 Å². The van der Waals surface area contributed by atoms with Gasteiger partial charge in [0.15, 0.2) is 0 Å². The summed E-state index contributed by atoms with van der Waals surface area (Å²) < 4.78 is 5.12. The van der Waals surface area contributed by atoms with Crippen LogP contribution in [0.15, 0.2) is 0 Å². The van der Waals surface area contributed by atoms with E-state index in [1.165, 1.54) is 0 Å². The molecule has 1 amide bonds. The Bertz CT molecular complexity index is 168. The van der Waals surface area contributed by atoms with E-state index in [1.54, 1.807) is 0 Å². The van der Waals surface area contributed by atoms with Gasteiger partial charge in [-0.2, -0.15) is 0 Å². The maximum Gasteiger partial charge on any atom is 0.222 e. The van der Waals surface area contributed by atoms with Crippen LogP contribution in [0, 0.1) is 0 Å². The Morgan fingerprint density at radius 3 is 3.14 bits per heavy atom. The molecule has 1 saturated heterocycles. The van der Waals surface area contributed by atoms with Gasteiger partial charge in [-0.3, -0.25) is 4.79 Å². The van der Waals surface area contributed by atoms with Crippen molar-refractivity contribution in [3.05, 3.63) is 0 Å². The molecule has 4 heteroatoms. The van der Waals surface area contributed by atoms with E-state index in [0.29, 0.717) is 25.7 Å². The van der Waals surface area contributed by atoms with Crippen molar-refractivity contribution >= 4 is 5.91 Å². The molecule has 1 aliphatic rings. The highest BCUT2D eigenvalue weighted by atomic mass is 16.5. The second-order valence-corrected chi connectivity index (χ2v) is 3.56. The predicted molar refractivity (Wildman–Crippen MR) is 55.1 cm³/mol. The fourth-order valence-electron chi connectivity index (χ4n) is 1.58. The molecule has 0 aromatic heterocycles. The lowest BCUT2D eigenvalue weighted by Crippen LogP contribution is -2.45. The van der Waals surface area contributed by atoms with Crippen LogP contribution in [0.25, 0.3) is 0 Å². The summed E-state index contributed by atoms with van der Waals surface area (Å²) in [6.07, 6.45) is 2.72. The van der Waals surface area contributed by atoms with E-state index < -0.39 is 0 Å². The highest BCUT2D eigenvalue weighted by Gasteiger charge is 2.14. The largest absolute Gasteiger partial charge is 0.381 e. The Morgan fingerprint density at radius 2 is 2.50 bits per heavy atom. The van der Waals surface area contributed by atoms with Crippen molar-refractivity contribution in [3.63, 3.8) is 0 Å². The Morgan fingerprint density at radius 1 is 1.64 bits per heavy atom. The Balaban J connectivity index is 2.06. The first kappa shape index (κ1) is 11.5. The number of carbonyl (C=O) groups excluding carboxylic acids is 1. The molecule has 0 saturated carbocycles. The van der Waals surface area contributed by atoms with E-state index in [2.05, 4.69) is 10.6 Å². The number of hydrogen-bond donors (Lipinski definition) is 2. The van der Waals surface area contributed by atoms with E-state index in [9.17, 15) is 4.79 Å². The fraction of sp³-hybridized carbons (Fsp3) is 0.900. The number of ether oxygens (including phenoxy) is 1. The average Bonchev–Trinajstić information content (AvgIpc) is 2.20. The number of amides is 1. The fourth-order valence-corrected chi connectivity index (χ4v) is 1.58. The number of nitrogens with one attached hydrogen (secondary N) is 2. The second kappa shape index (κ2) is 6.79. The highest BCUT2D eigenvalue weighted by molar-refractivity contribution is 5.76. The molecule has 0 bridgehead atoms. The van der Waals surface area contributed by atoms with Gasteiger partial charge in [0, 0.05) is 25.6 Å². The van der Waals surface area contributed by atoms with Gasteiger partial charge in [0.05, 0.1) is 6.61 Å². The lowest BCUT2D eigenvalue weighted by molar-refractivity contribution is -0.122. The van der Waals surface area contributed by atoms with E-state index in [0.717, 1.165) is 25.9 Å². The van der Waals surface area contributed by atoms with Crippen LogP contribution in [0.4, 0.5) is 0 Å². The van der Waals surface area contributed by atoms with Gasteiger partial charge in [0.1, 0.15) is 0 Å². The molecule has 0 unspecified atom stereocenters. The first-order chi connectivity index (χ1) is 6.83. The monoisotopic (exact) mass is 200 g/mol. The van der Waals surface area contributed by atoms with Gasteiger partial charge < -0.3 is 15.4 Å². The lowest BCUT2D eigenvalue weighted by Gasteiger charge is -2.23. The lowest BCUT2D eigenvalue weighted by atomic mass is 10.1. The summed E-state index contributed by atoms with van der Waals surface area (Å²) in [7, 11) is 0. The Kier molecular flexibility index (Phi) is 5.56. The third-order valence-electron chi connectivity index (χ3n) is 2.34. The van der Waals surface area contributed by atoms with Crippen LogP contribution in [0.3, 0.4) is 0 Å². The number of hydrogen-bond acceptors (Lipinski definition) is 3. The van der Waals surface area contributed by atoms with Crippen molar-refractivity contribution in [1.82, 2.24) is 10.6 Å². The molecule has 0 radical (unpaired) electrons. The van der Waals surface area contributed by atoms with E-state index in [-0.39, 0.29) is 5.91 Å². The normalized spacial score (nSPS) is 21.9. The summed E-state index contributed by atoms with van der Waals surface area (Å²) in [5, 5.41) is 6.26. The molecule has 0 aliphatic carbocycles. The van der Waals surface area contributed by atoms with Crippen molar-refractivity contribution in [3.8, 4) is 0 Å². The SMILES string of the molecule is CCOCCC(=O)N[C@@H]1CCCNC1. The molecule has 1 aliphatic heterocycles. The minimum absolute atomic E-state index is 0.104. The average molecular weight is 200 g/mol. The van der Waals surface area contributed by atoms with Crippen molar-refractivity contribution in [2.75, 3.05) is 26.3 Å². The number of piperidine rings is 1. The molecule has 2 N–H and O–H groups in total. The van der Waals surface area contributed by atoms with Gasteiger partial charge in [0.25, 0.3) is 0 Å². The zero-order chi connectivity index (χ0) is 10.2. The Labute approximate surface area is 85.4 Å². The summed E-state index contributed by atoms with van der Waals surface area (Å²) in [4.78, 5) is 11.4. The van der Waals surface area contributed by atoms with Crippen LogP contribution >= 0.6 is 0 Å². The molecule has 0 aromatic carbocycles. The maximum absolute atomic E-state index is 11.4. The molecule has 1 atom stereocenters. The zero-order valence-corrected chi connectivity index (χ0v) is 8.84. The predicted octanol–water partition coefficient (Wildman–Crippen LogP) is 0.281. The molecule has 1 fully saturated rings. The van der Waals surface area contributed by atoms with Crippen LogP contribution in [0.5, 0.6) is 0 Å². The molecule has 14 heavy (non-hydrogen) atoms. The molecule has 4 nitrogen and oxygen atoms in total. The van der Waals surface area contributed by atoms with Crippen molar-refractivity contribution in [2.24, 2.45) is 0 Å². The van der Waals surface area contributed by atoms with Gasteiger partial charge in [-0.05, 0) is 26.3 Å². The third-order valence-corrected chi connectivity index (χ3v) is 2.34. The summed E-state index contributed by atoms with van der Waals surface area (Å²) in [5.41, 5.74) is 0. The van der Waals surface area contributed by atoms with E-state index in [1.807, 2.05) is 6.92 Å². The van der Waals surface area contributed by atoms with E-state index in [4.69, 9.17) is 4.74 Å². The minimum Gasteiger partial charge on any atom is -0.381 e. The number of carbonyl (C=O) groups is 1. The van der Waals surface area contributed by atoms with Crippen LogP contribution in [0.2, 0.25) is 0 Å². The van der Waals surface area contributed by atoms with Gasteiger partial charge >= 0.3 is 0 Å². The summed E-state index contributed by atoms with van der Waals surface area (Å²) in [6.45, 7) is 5.12. The molecule has 0 spiro atoms. The molecular formula is C10H20N2O2. The number of rotatable bonds is 5. The summed E-state index contributed by atoms with van der Waals surface area (Å²) >= 11 is 0. The van der Waals surface area contributed by atoms with Gasteiger partial charge in [-0.1, -0.05) is 0 Å². The minimum atomic E-state index is 0.104. The van der Waals surface area contributed by atoms with Gasteiger partial charge in [-0.25, -0.2) is 0 Å². The third kappa shape index (κ3) is 4.58. The quantitative estimate of drug-likeness (QED) is 0.627. The van der Waals surface area contributed by atoms with E-state index >= 15 is 0 Å². The molecule has 1 heterocycles. The zero-order valence-electron chi connectivity index (χ0n) is 8.84. The maximum atomic E-state index is 11.4. The van der Waals surface area contributed by atoms with Crippen LogP contribution in [0.1, 0.15) is 26.2 Å².